The number of hydrogen-bond donors (Lipinski definition) is 2. The Balaban J connectivity index is 1.98. The number of Topliss-reactive ketones (excluding diaryl/α,β-unsaturated/α-hetero) is 1. The fraction of sp³-hybridized carbons (Fsp3) is 0.227. The van der Waals surface area contributed by atoms with Crippen LogP contribution in [0.15, 0.2) is 58.1 Å². The van der Waals surface area contributed by atoms with Crippen molar-refractivity contribution in [2.24, 2.45) is 0 Å². The zero-order valence-corrected chi connectivity index (χ0v) is 17.7. The van der Waals surface area contributed by atoms with Gasteiger partial charge in [-0.1, -0.05) is 36.4 Å². The van der Waals surface area contributed by atoms with Gasteiger partial charge in [-0.25, -0.2) is 4.79 Å². The average Bonchev–Trinajstić information content (AvgIpc) is 2.77. The number of carbonyl (C=O) groups is 1. The highest BCUT2D eigenvalue weighted by molar-refractivity contribution is 6.02. The number of rotatable bonds is 8. The second-order valence-electron chi connectivity index (χ2n) is 7.20. The van der Waals surface area contributed by atoms with Gasteiger partial charge in [-0.15, -0.1) is 0 Å². The van der Waals surface area contributed by atoms with Crippen LogP contribution in [0.2, 0.25) is 0 Å². The van der Waals surface area contributed by atoms with Crippen molar-refractivity contribution in [3.8, 4) is 0 Å². The monoisotopic (exact) mass is 437 g/mol. The van der Waals surface area contributed by atoms with Gasteiger partial charge < -0.3 is 11.1 Å². The van der Waals surface area contributed by atoms with Crippen molar-refractivity contribution < 1.29 is 9.72 Å². The number of nitro benzene ring substituents is 1. The van der Waals surface area contributed by atoms with Crippen molar-refractivity contribution in [1.82, 2.24) is 9.13 Å². The van der Waals surface area contributed by atoms with Crippen LogP contribution < -0.4 is 22.3 Å². The van der Waals surface area contributed by atoms with E-state index in [2.05, 4.69) is 5.32 Å². The van der Waals surface area contributed by atoms with E-state index >= 15 is 0 Å². The summed E-state index contributed by atoms with van der Waals surface area (Å²) in [6, 6.07) is 13.3. The first-order valence-corrected chi connectivity index (χ1v) is 9.93. The number of ketones is 1. The third-order valence-corrected chi connectivity index (χ3v) is 5.12. The molecule has 3 N–H and O–H groups in total. The Morgan fingerprint density at radius 3 is 2.44 bits per heavy atom. The van der Waals surface area contributed by atoms with Crippen LogP contribution in [0.3, 0.4) is 0 Å². The highest BCUT2D eigenvalue weighted by atomic mass is 16.6. The second-order valence-corrected chi connectivity index (χ2v) is 7.20. The quantitative estimate of drug-likeness (QED) is 0.312. The molecule has 0 aliphatic carbocycles. The number of nitrogens with zero attached hydrogens (tertiary/aromatic N) is 3. The van der Waals surface area contributed by atoms with Crippen molar-refractivity contribution in [1.29, 1.82) is 0 Å². The highest BCUT2D eigenvalue weighted by Gasteiger charge is 2.22. The number of nitrogen functional groups attached to an aromatic ring is 1. The van der Waals surface area contributed by atoms with Gasteiger partial charge in [-0.3, -0.25) is 28.8 Å². The van der Waals surface area contributed by atoms with Crippen LogP contribution in [0.25, 0.3) is 0 Å². The second kappa shape index (κ2) is 9.29. The predicted octanol–water partition coefficient (Wildman–Crippen LogP) is 2.17. The van der Waals surface area contributed by atoms with E-state index in [0.717, 1.165) is 10.1 Å². The van der Waals surface area contributed by atoms with Gasteiger partial charge in [-0.05, 0) is 25.0 Å². The van der Waals surface area contributed by atoms with E-state index in [-0.39, 0.29) is 36.7 Å². The number of aryl methyl sites for hydroxylation is 1. The smallest absolute Gasteiger partial charge is 0.332 e. The topological polar surface area (TPSA) is 142 Å². The zero-order valence-electron chi connectivity index (χ0n) is 17.7. The number of benzene rings is 2. The number of nitrogens with one attached hydrogen (secondary N) is 1. The van der Waals surface area contributed by atoms with Gasteiger partial charge in [0.15, 0.2) is 5.78 Å². The first-order valence-electron chi connectivity index (χ1n) is 9.93. The van der Waals surface area contributed by atoms with Crippen molar-refractivity contribution in [2.75, 3.05) is 17.6 Å². The maximum Gasteiger partial charge on any atom is 0.332 e. The van der Waals surface area contributed by atoms with E-state index in [4.69, 9.17) is 5.73 Å². The normalized spacial score (nSPS) is 10.7. The molecule has 0 radical (unpaired) electrons. The van der Waals surface area contributed by atoms with Gasteiger partial charge >= 0.3 is 5.69 Å². The molecule has 0 spiro atoms. The van der Waals surface area contributed by atoms with Gasteiger partial charge in [0.25, 0.3) is 11.2 Å². The van der Waals surface area contributed by atoms with Gasteiger partial charge in [-0.2, -0.15) is 0 Å². The van der Waals surface area contributed by atoms with E-state index in [9.17, 15) is 24.5 Å². The van der Waals surface area contributed by atoms with Crippen LogP contribution >= 0.6 is 0 Å². The maximum absolute atomic E-state index is 13.0. The molecule has 0 aliphatic heterocycles. The Morgan fingerprint density at radius 2 is 1.81 bits per heavy atom. The molecular formula is C22H23N5O5. The van der Waals surface area contributed by atoms with Crippen LogP contribution in [0.1, 0.15) is 28.4 Å². The maximum atomic E-state index is 13.0. The Morgan fingerprint density at radius 1 is 1.12 bits per heavy atom. The fourth-order valence-corrected chi connectivity index (χ4v) is 3.35. The molecule has 0 bridgehead atoms. The Bertz CT molecular complexity index is 1290. The molecule has 0 saturated heterocycles. The van der Waals surface area contributed by atoms with Crippen LogP contribution in [-0.4, -0.2) is 26.4 Å². The number of aromatic nitrogens is 2. The molecule has 0 amide bonds. The van der Waals surface area contributed by atoms with Crippen molar-refractivity contribution in [3.05, 3.63) is 96.2 Å². The summed E-state index contributed by atoms with van der Waals surface area (Å²) in [7, 11) is 0. The minimum absolute atomic E-state index is 0.0738. The summed E-state index contributed by atoms with van der Waals surface area (Å²) in [6.45, 7) is 3.21. The average molecular weight is 437 g/mol. The standard InChI is InChI=1S/C22H23N5O5/c1-3-25-21(29)19(20(23)26(22(25)30)13-15-7-5-4-6-8-15)18(28)12-24-17-11-16(27(31)32)10-9-14(17)2/h4-11,24H,3,12-13,23H2,1-2H3. The zero-order chi connectivity index (χ0) is 23.4. The number of non-ortho nitro benzene ring substituents is 1. The fourth-order valence-electron chi connectivity index (χ4n) is 3.35. The summed E-state index contributed by atoms with van der Waals surface area (Å²) < 4.78 is 2.16. The van der Waals surface area contributed by atoms with Crippen LogP contribution in [-0.2, 0) is 13.1 Å². The van der Waals surface area contributed by atoms with Crippen molar-refractivity contribution >= 4 is 23.0 Å². The summed E-state index contributed by atoms with van der Waals surface area (Å²) in [5.41, 5.74) is 6.21. The Kier molecular flexibility index (Phi) is 6.53. The molecule has 1 heterocycles. The molecule has 10 nitrogen and oxygen atoms in total. The van der Waals surface area contributed by atoms with Gasteiger partial charge in [0, 0.05) is 24.4 Å². The molecule has 32 heavy (non-hydrogen) atoms. The summed E-state index contributed by atoms with van der Waals surface area (Å²) in [6.07, 6.45) is 0. The molecule has 2 aromatic carbocycles. The van der Waals surface area contributed by atoms with Crippen molar-refractivity contribution in [3.63, 3.8) is 0 Å². The van der Waals surface area contributed by atoms with Crippen molar-refractivity contribution in [2.45, 2.75) is 26.9 Å². The minimum Gasteiger partial charge on any atom is -0.384 e. The molecule has 0 atom stereocenters. The molecule has 166 valence electrons. The van der Waals surface area contributed by atoms with Gasteiger partial charge in [0.05, 0.1) is 18.0 Å². The third kappa shape index (κ3) is 4.43. The minimum atomic E-state index is -0.762. The van der Waals surface area contributed by atoms with E-state index in [1.807, 2.05) is 18.2 Å². The van der Waals surface area contributed by atoms with Crippen LogP contribution in [0.5, 0.6) is 0 Å². The van der Waals surface area contributed by atoms with Gasteiger partial charge in [0.2, 0.25) is 0 Å². The van der Waals surface area contributed by atoms with Crippen LogP contribution in [0, 0.1) is 17.0 Å². The van der Waals surface area contributed by atoms with E-state index in [1.165, 1.54) is 16.7 Å². The lowest BCUT2D eigenvalue weighted by atomic mass is 10.1. The molecule has 0 saturated carbocycles. The lowest BCUT2D eigenvalue weighted by molar-refractivity contribution is -0.384. The molecule has 10 heteroatoms. The van der Waals surface area contributed by atoms with E-state index in [1.54, 1.807) is 32.0 Å². The highest BCUT2D eigenvalue weighted by Crippen LogP contribution is 2.22. The van der Waals surface area contributed by atoms with Crippen LogP contribution in [0.4, 0.5) is 17.2 Å². The molecule has 0 aliphatic rings. The number of hydrogen-bond acceptors (Lipinski definition) is 7. The molecule has 1 aromatic heterocycles. The summed E-state index contributed by atoms with van der Waals surface area (Å²) in [5.74, 6) is -0.835. The SMILES string of the molecule is CCn1c(=O)c(C(=O)CNc2cc([N+](=O)[O-])ccc2C)c(N)n(Cc2ccccc2)c1=O. The summed E-state index contributed by atoms with van der Waals surface area (Å²) >= 11 is 0. The van der Waals surface area contributed by atoms with Gasteiger partial charge in [0.1, 0.15) is 11.4 Å². The molecule has 0 unspecified atom stereocenters. The predicted molar refractivity (Wildman–Crippen MR) is 121 cm³/mol. The van der Waals surface area contributed by atoms with E-state index < -0.39 is 22.0 Å². The summed E-state index contributed by atoms with van der Waals surface area (Å²) in [5, 5.41) is 13.9. The number of nitrogens with two attached hydrogens (primary N) is 1. The first-order chi connectivity index (χ1) is 15.2. The molecule has 0 fully saturated rings. The Labute approximate surface area is 183 Å². The Hall–Kier alpha value is -4.21. The number of anilines is 2. The van der Waals surface area contributed by atoms with E-state index in [0.29, 0.717) is 11.3 Å². The molecular weight excluding hydrogens is 414 g/mol. The lowest BCUT2D eigenvalue weighted by Gasteiger charge is -2.16. The molecule has 3 rings (SSSR count). The lowest BCUT2D eigenvalue weighted by Crippen LogP contribution is -2.44. The molecule has 3 aromatic rings. The summed E-state index contributed by atoms with van der Waals surface area (Å²) in [4.78, 5) is 49.1. The largest absolute Gasteiger partial charge is 0.384 e. The third-order valence-electron chi connectivity index (χ3n) is 5.12. The first kappa shape index (κ1) is 22.5. The number of nitro groups is 1. The number of carbonyl (C=O) groups excluding carboxylic acids is 1.